The largest absolute Gasteiger partial charge is 0.476 e. The van der Waals surface area contributed by atoms with E-state index in [1.165, 1.54) is 13.1 Å². The van der Waals surface area contributed by atoms with E-state index < -0.39 is 23.6 Å². The average Bonchev–Trinajstić information content (AvgIpc) is 2.79. The Morgan fingerprint density at radius 1 is 1.32 bits per heavy atom. The number of aromatic nitrogens is 2. The van der Waals surface area contributed by atoms with Gasteiger partial charge in [0.1, 0.15) is 0 Å². The molecule has 0 radical (unpaired) electrons. The highest BCUT2D eigenvalue weighted by atomic mass is 19.4. The molecule has 0 saturated carbocycles. The molecule has 0 fully saturated rings. The van der Waals surface area contributed by atoms with Gasteiger partial charge in [0.2, 0.25) is 0 Å². The molecule has 0 aliphatic carbocycles. The quantitative estimate of drug-likeness (QED) is 0.911. The summed E-state index contributed by atoms with van der Waals surface area (Å²) in [7, 11) is 1.36. The molecule has 0 saturated heterocycles. The number of aromatic carboxylic acids is 1. The van der Waals surface area contributed by atoms with Crippen LogP contribution in [-0.4, -0.2) is 26.8 Å². The van der Waals surface area contributed by atoms with E-state index in [9.17, 15) is 22.8 Å². The summed E-state index contributed by atoms with van der Waals surface area (Å²) < 4.78 is 38.9. The van der Waals surface area contributed by atoms with E-state index in [1.54, 1.807) is 0 Å². The first-order valence-electron chi connectivity index (χ1n) is 5.94. The minimum absolute atomic E-state index is 0.0996. The fourth-order valence-corrected chi connectivity index (χ4v) is 1.81. The number of halogens is 3. The molecule has 2 aromatic rings. The third kappa shape index (κ3) is 3.08. The summed E-state index contributed by atoms with van der Waals surface area (Å²) in [4.78, 5) is 23.0. The van der Waals surface area contributed by atoms with E-state index in [0.29, 0.717) is 6.07 Å². The lowest BCUT2D eigenvalue weighted by Crippen LogP contribution is -2.16. The lowest BCUT2D eigenvalue weighted by atomic mass is 10.1. The van der Waals surface area contributed by atoms with E-state index in [4.69, 9.17) is 5.11 Å². The van der Waals surface area contributed by atoms with Crippen molar-refractivity contribution in [3.63, 3.8) is 0 Å². The van der Waals surface area contributed by atoms with Crippen LogP contribution < -0.4 is 5.32 Å². The summed E-state index contributed by atoms with van der Waals surface area (Å²) >= 11 is 0. The number of nitrogens with one attached hydrogen (secondary N) is 1. The highest BCUT2D eigenvalue weighted by molar-refractivity contribution is 6.07. The number of nitrogens with zero attached hydrogens (tertiary/aromatic N) is 2. The van der Waals surface area contributed by atoms with Crippen LogP contribution in [-0.2, 0) is 13.2 Å². The molecule has 0 bridgehead atoms. The Labute approximate surface area is 122 Å². The maximum Gasteiger partial charge on any atom is 0.416 e. The van der Waals surface area contributed by atoms with Crippen LogP contribution in [0.15, 0.2) is 30.5 Å². The van der Waals surface area contributed by atoms with Crippen LogP contribution in [0.3, 0.4) is 0 Å². The highest BCUT2D eigenvalue weighted by Crippen LogP contribution is 2.29. The Hall–Kier alpha value is -2.84. The van der Waals surface area contributed by atoms with Crippen LogP contribution in [0.25, 0.3) is 0 Å². The van der Waals surface area contributed by atoms with Gasteiger partial charge >= 0.3 is 12.1 Å². The fourth-order valence-electron chi connectivity index (χ4n) is 1.81. The number of carbonyl (C=O) groups is 2. The molecule has 0 aliphatic heterocycles. The molecule has 1 heterocycles. The average molecular weight is 313 g/mol. The Morgan fingerprint density at radius 2 is 2.00 bits per heavy atom. The number of carboxylic acids is 1. The van der Waals surface area contributed by atoms with Crippen molar-refractivity contribution in [3.05, 3.63) is 47.3 Å². The number of carbonyl (C=O) groups excluding carboxylic acids is 1. The van der Waals surface area contributed by atoms with E-state index in [-0.39, 0.29) is 16.9 Å². The molecule has 1 aromatic heterocycles. The SMILES string of the molecule is Cn1ncc(NC(=O)c2cccc(C(F)(F)F)c2)c1C(=O)O. The molecule has 2 rings (SSSR count). The van der Waals surface area contributed by atoms with Crippen LogP contribution in [0.5, 0.6) is 0 Å². The van der Waals surface area contributed by atoms with Crippen LogP contribution in [0.1, 0.15) is 26.4 Å². The Balaban J connectivity index is 2.29. The topological polar surface area (TPSA) is 84.2 Å². The van der Waals surface area contributed by atoms with Crippen molar-refractivity contribution in [1.29, 1.82) is 0 Å². The number of amides is 1. The summed E-state index contributed by atoms with van der Waals surface area (Å²) in [6, 6.07) is 3.82. The van der Waals surface area contributed by atoms with E-state index in [1.807, 2.05) is 0 Å². The van der Waals surface area contributed by atoms with Gasteiger partial charge in [-0.1, -0.05) is 6.07 Å². The van der Waals surface area contributed by atoms with Crippen LogP contribution in [0.2, 0.25) is 0 Å². The molecule has 1 aromatic carbocycles. The van der Waals surface area contributed by atoms with Gasteiger partial charge in [0.15, 0.2) is 5.69 Å². The van der Waals surface area contributed by atoms with Crippen molar-refractivity contribution in [3.8, 4) is 0 Å². The molecule has 22 heavy (non-hydrogen) atoms. The van der Waals surface area contributed by atoms with Crippen molar-refractivity contribution in [1.82, 2.24) is 9.78 Å². The van der Waals surface area contributed by atoms with Gasteiger partial charge < -0.3 is 10.4 Å². The molecule has 116 valence electrons. The third-order valence-electron chi connectivity index (χ3n) is 2.84. The fraction of sp³-hybridized carbons (Fsp3) is 0.154. The first-order chi connectivity index (χ1) is 10.2. The number of hydrogen-bond acceptors (Lipinski definition) is 3. The zero-order valence-electron chi connectivity index (χ0n) is 11.2. The van der Waals surface area contributed by atoms with E-state index in [0.717, 1.165) is 23.0 Å². The number of benzene rings is 1. The maximum absolute atomic E-state index is 12.6. The lowest BCUT2D eigenvalue weighted by Gasteiger charge is -2.09. The molecule has 0 unspecified atom stereocenters. The molecular weight excluding hydrogens is 303 g/mol. The van der Waals surface area contributed by atoms with Gasteiger partial charge in [0.25, 0.3) is 5.91 Å². The number of anilines is 1. The normalized spacial score (nSPS) is 11.3. The van der Waals surface area contributed by atoms with Gasteiger partial charge in [-0.05, 0) is 18.2 Å². The van der Waals surface area contributed by atoms with E-state index in [2.05, 4.69) is 10.4 Å². The molecule has 9 heteroatoms. The number of aryl methyl sites for hydroxylation is 1. The van der Waals surface area contributed by atoms with Crippen LogP contribution >= 0.6 is 0 Å². The van der Waals surface area contributed by atoms with Crippen molar-refractivity contribution in [2.45, 2.75) is 6.18 Å². The number of carboxylic acid groups (broad SMARTS) is 1. The second-order valence-corrected chi connectivity index (χ2v) is 4.37. The summed E-state index contributed by atoms with van der Waals surface area (Å²) in [6.45, 7) is 0. The first kappa shape index (κ1) is 15.5. The second-order valence-electron chi connectivity index (χ2n) is 4.37. The van der Waals surface area contributed by atoms with Crippen molar-refractivity contribution >= 4 is 17.6 Å². The zero-order chi connectivity index (χ0) is 16.5. The van der Waals surface area contributed by atoms with Gasteiger partial charge in [-0.15, -0.1) is 0 Å². The highest BCUT2D eigenvalue weighted by Gasteiger charge is 2.31. The molecule has 0 aliphatic rings. The molecule has 1 amide bonds. The molecule has 6 nitrogen and oxygen atoms in total. The number of alkyl halides is 3. The van der Waals surface area contributed by atoms with Crippen molar-refractivity contribution in [2.24, 2.45) is 7.05 Å². The Kier molecular flexibility index (Phi) is 3.89. The van der Waals surface area contributed by atoms with Gasteiger partial charge in [-0.2, -0.15) is 18.3 Å². The molecule has 2 N–H and O–H groups in total. The number of hydrogen-bond donors (Lipinski definition) is 2. The summed E-state index contributed by atoms with van der Waals surface area (Å²) in [5.41, 5.74) is -1.59. The molecule has 0 spiro atoms. The van der Waals surface area contributed by atoms with E-state index >= 15 is 0 Å². The van der Waals surface area contributed by atoms with Gasteiger partial charge in [-0.3, -0.25) is 9.48 Å². The monoisotopic (exact) mass is 313 g/mol. The minimum Gasteiger partial charge on any atom is -0.476 e. The Bertz CT molecular complexity index is 738. The molecule has 0 atom stereocenters. The Morgan fingerprint density at radius 3 is 2.59 bits per heavy atom. The predicted octanol–water partition coefficient (Wildman–Crippen LogP) is 2.39. The summed E-state index contributed by atoms with van der Waals surface area (Å²) in [5.74, 6) is -2.18. The minimum atomic E-state index is -4.57. The standard InChI is InChI=1S/C13H10F3N3O3/c1-19-10(12(21)22)9(6-17-19)18-11(20)7-3-2-4-8(5-7)13(14,15)16/h2-6H,1H3,(H,18,20)(H,21,22). The third-order valence-corrected chi connectivity index (χ3v) is 2.84. The van der Waals surface area contributed by atoms with Crippen LogP contribution in [0.4, 0.5) is 18.9 Å². The van der Waals surface area contributed by atoms with Crippen molar-refractivity contribution in [2.75, 3.05) is 5.32 Å². The smallest absolute Gasteiger partial charge is 0.416 e. The number of rotatable bonds is 3. The van der Waals surface area contributed by atoms with Gasteiger partial charge in [-0.25, -0.2) is 4.79 Å². The van der Waals surface area contributed by atoms with Gasteiger partial charge in [0, 0.05) is 12.6 Å². The molecular formula is C13H10F3N3O3. The summed E-state index contributed by atoms with van der Waals surface area (Å²) in [6.07, 6.45) is -3.47. The first-order valence-corrected chi connectivity index (χ1v) is 5.94. The van der Waals surface area contributed by atoms with Crippen molar-refractivity contribution < 1.29 is 27.9 Å². The zero-order valence-corrected chi connectivity index (χ0v) is 11.2. The van der Waals surface area contributed by atoms with Gasteiger partial charge in [0.05, 0.1) is 17.4 Å². The maximum atomic E-state index is 12.6. The second kappa shape index (κ2) is 5.51. The predicted molar refractivity (Wildman–Crippen MR) is 69.6 cm³/mol. The lowest BCUT2D eigenvalue weighted by molar-refractivity contribution is -0.137. The summed E-state index contributed by atoms with van der Waals surface area (Å²) in [5, 5.41) is 14.9. The van der Waals surface area contributed by atoms with Crippen LogP contribution in [0, 0.1) is 0 Å².